The molecule has 2 aliphatic rings. The number of nitrogens with one attached hydrogen (secondary N) is 1. The maximum absolute atomic E-state index is 12.5. The van der Waals surface area contributed by atoms with Crippen LogP contribution in [-0.2, 0) is 22.6 Å². The first kappa shape index (κ1) is 19.4. The molecule has 29 heavy (non-hydrogen) atoms. The fraction of sp³-hybridized carbons (Fsp3) is 0.524. The molecule has 0 unspecified atom stereocenters. The first-order valence-corrected chi connectivity index (χ1v) is 10.2. The van der Waals surface area contributed by atoms with Crippen molar-refractivity contribution in [2.45, 2.75) is 44.6 Å². The third-order valence-corrected chi connectivity index (χ3v) is 5.36. The monoisotopic (exact) mass is 398 g/mol. The highest BCUT2D eigenvalue weighted by atomic mass is 16.5. The van der Waals surface area contributed by atoms with E-state index < -0.39 is 6.09 Å². The Bertz CT molecular complexity index is 834. The van der Waals surface area contributed by atoms with Crippen LogP contribution in [0.3, 0.4) is 0 Å². The molecule has 8 heteroatoms. The van der Waals surface area contributed by atoms with Crippen LogP contribution in [0.15, 0.2) is 34.9 Å². The van der Waals surface area contributed by atoms with Gasteiger partial charge in [0.2, 0.25) is 11.8 Å². The van der Waals surface area contributed by atoms with Crippen LogP contribution in [0, 0.1) is 5.92 Å². The van der Waals surface area contributed by atoms with Gasteiger partial charge in [-0.3, -0.25) is 4.79 Å². The molecule has 154 valence electrons. The molecular weight excluding hydrogens is 372 g/mol. The molecule has 1 aromatic carbocycles. The normalized spacial score (nSPS) is 19.0. The highest BCUT2D eigenvalue weighted by Crippen LogP contribution is 2.38. The standard InChI is InChI=1S/C21H26N4O4/c26-19(12-22-21(27)28-14-15-5-2-1-3-6-15)25-10-4-7-16(13-25)11-18-23-20(24-29-18)17-8-9-17/h1-3,5-6,16-17H,4,7-14H2,(H,22,27)/t16-/m1/s1. The number of rotatable bonds is 7. The molecule has 1 aliphatic heterocycles. The van der Waals surface area contributed by atoms with Gasteiger partial charge in [0, 0.05) is 25.4 Å². The number of alkyl carbamates (subject to hydrolysis) is 1. The van der Waals surface area contributed by atoms with E-state index in [2.05, 4.69) is 15.5 Å². The molecule has 8 nitrogen and oxygen atoms in total. The summed E-state index contributed by atoms with van der Waals surface area (Å²) in [7, 11) is 0. The van der Waals surface area contributed by atoms with Crippen molar-refractivity contribution in [3.05, 3.63) is 47.6 Å². The number of nitrogens with zero attached hydrogens (tertiary/aromatic N) is 3. The van der Waals surface area contributed by atoms with Crippen LogP contribution in [0.25, 0.3) is 0 Å². The molecule has 1 aromatic heterocycles. The van der Waals surface area contributed by atoms with Crippen molar-refractivity contribution in [2.24, 2.45) is 5.92 Å². The van der Waals surface area contributed by atoms with E-state index in [4.69, 9.17) is 9.26 Å². The van der Waals surface area contributed by atoms with Gasteiger partial charge in [0.05, 0.1) is 0 Å². The number of carbonyl (C=O) groups excluding carboxylic acids is 2. The predicted octanol–water partition coefficient (Wildman–Crippen LogP) is 2.65. The number of benzene rings is 1. The van der Waals surface area contributed by atoms with E-state index in [-0.39, 0.29) is 19.1 Å². The van der Waals surface area contributed by atoms with Crippen molar-refractivity contribution < 1.29 is 18.8 Å². The lowest BCUT2D eigenvalue weighted by atomic mass is 9.94. The molecule has 2 heterocycles. The first-order chi connectivity index (χ1) is 14.2. The van der Waals surface area contributed by atoms with Gasteiger partial charge in [0.25, 0.3) is 0 Å². The van der Waals surface area contributed by atoms with Crippen LogP contribution in [0.1, 0.15) is 48.9 Å². The highest BCUT2D eigenvalue weighted by molar-refractivity contribution is 5.82. The fourth-order valence-electron chi connectivity index (χ4n) is 3.60. The third-order valence-electron chi connectivity index (χ3n) is 5.36. The van der Waals surface area contributed by atoms with Gasteiger partial charge in [-0.1, -0.05) is 35.5 Å². The lowest BCUT2D eigenvalue weighted by Gasteiger charge is -2.32. The Morgan fingerprint density at radius 3 is 2.83 bits per heavy atom. The molecule has 1 saturated heterocycles. The third kappa shape index (κ3) is 5.56. The van der Waals surface area contributed by atoms with Crippen molar-refractivity contribution in [3.63, 3.8) is 0 Å². The van der Waals surface area contributed by atoms with Crippen LogP contribution in [0.2, 0.25) is 0 Å². The average molecular weight is 398 g/mol. The van der Waals surface area contributed by atoms with Crippen molar-refractivity contribution in [1.82, 2.24) is 20.4 Å². The highest BCUT2D eigenvalue weighted by Gasteiger charge is 2.30. The van der Waals surface area contributed by atoms with Gasteiger partial charge < -0.3 is 19.5 Å². The molecule has 0 spiro atoms. The number of aromatic nitrogens is 2. The van der Waals surface area contributed by atoms with Crippen molar-refractivity contribution in [1.29, 1.82) is 0 Å². The van der Waals surface area contributed by atoms with E-state index in [1.807, 2.05) is 30.3 Å². The largest absolute Gasteiger partial charge is 0.445 e. The second-order valence-electron chi connectivity index (χ2n) is 7.79. The Morgan fingerprint density at radius 2 is 2.03 bits per heavy atom. The molecule has 1 atom stereocenters. The van der Waals surface area contributed by atoms with Crippen molar-refractivity contribution in [2.75, 3.05) is 19.6 Å². The molecule has 2 aromatic rings. The fourth-order valence-corrected chi connectivity index (χ4v) is 3.60. The summed E-state index contributed by atoms with van der Waals surface area (Å²) in [6.07, 6.45) is 4.34. The summed E-state index contributed by atoms with van der Waals surface area (Å²) in [4.78, 5) is 30.6. The van der Waals surface area contributed by atoms with E-state index in [9.17, 15) is 9.59 Å². The van der Waals surface area contributed by atoms with Crippen LogP contribution >= 0.6 is 0 Å². The summed E-state index contributed by atoms with van der Waals surface area (Å²) in [5.74, 6) is 2.15. The van der Waals surface area contributed by atoms with Gasteiger partial charge >= 0.3 is 6.09 Å². The van der Waals surface area contributed by atoms with Crippen LogP contribution in [-0.4, -0.2) is 46.7 Å². The molecule has 0 bridgehead atoms. The topological polar surface area (TPSA) is 97.6 Å². The molecule has 1 N–H and O–H groups in total. The molecule has 2 fully saturated rings. The van der Waals surface area contributed by atoms with Gasteiger partial charge in [-0.15, -0.1) is 0 Å². The number of hydrogen-bond acceptors (Lipinski definition) is 6. The summed E-state index contributed by atoms with van der Waals surface area (Å²) in [6, 6.07) is 9.42. The van der Waals surface area contributed by atoms with E-state index in [1.165, 1.54) is 0 Å². The minimum Gasteiger partial charge on any atom is -0.445 e. The summed E-state index contributed by atoms with van der Waals surface area (Å²) in [5, 5.41) is 6.60. The van der Waals surface area contributed by atoms with E-state index >= 15 is 0 Å². The second-order valence-corrected chi connectivity index (χ2v) is 7.79. The molecule has 4 rings (SSSR count). The maximum atomic E-state index is 12.5. The van der Waals surface area contributed by atoms with E-state index in [1.54, 1.807) is 4.90 Å². The smallest absolute Gasteiger partial charge is 0.407 e. The number of piperidine rings is 1. The van der Waals surface area contributed by atoms with E-state index in [0.29, 0.717) is 37.2 Å². The summed E-state index contributed by atoms with van der Waals surface area (Å²) in [6.45, 7) is 1.46. The zero-order valence-electron chi connectivity index (χ0n) is 16.4. The Kier molecular flexibility index (Phi) is 6.07. The van der Waals surface area contributed by atoms with Crippen LogP contribution < -0.4 is 5.32 Å². The second kappa shape index (κ2) is 9.07. The molecule has 1 aliphatic carbocycles. The molecule has 1 saturated carbocycles. The minimum absolute atomic E-state index is 0.0628. The van der Waals surface area contributed by atoms with Crippen LogP contribution in [0.5, 0.6) is 0 Å². The molecule has 0 radical (unpaired) electrons. The lowest BCUT2D eigenvalue weighted by Crippen LogP contribution is -2.45. The van der Waals surface area contributed by atoms with E-state index in [0.717, 1.165) is 37.1 Å². The number of hydrogen-bond donors (Lipinski definition) is 1. The Hall–Kier alpha value is -2.90. The molecular formula is C21H26N4O4. The predicted molar refractivity (Wildman–Crippen MR) is 104 cm³/mol. The SMILES string of the molecule is O=C(NCC(=O)N1CCC[C@H](Cc2nc(C3CC3)no2)C1)OCc1ccccc1. The van der Waals surface area contributed by atoms with Crippen LogP contribution in [0.4, 0.5) is 4.79 Å². The number of carbonyl (C=O) groups is 2. The summed E-state index contributed by atoms with van der Waals surface area (Å²) < 4.78 is 10.5. The maximum Gasteiger partial charge on any atom is 0.407 e. The zero-order chi connectivity index (χ0) is 20.1. The van der Waals surface area contributed by atoms with Gasteiger partial charge in [-0.25, -0.2) is 4.79 Å². The Labute approximate surface area is 169 Å². The average Bonchev–Trinajstić information content (AvgIpc) is 3.50. The van der Waals surface area contributed by atoms with Gasteiger partial charge in [-0.2, -0.15) is 4.98 Å². The minimum atomic E-state index is -0.589. The first-order valence-electron chi connectivity index (χ1n) is 10.2. The summed E-state index contributed by atoms with van der Waals surface area (Å²) >= 11 is 0. The van der Waals surface area contributed by atoms with Gasteiger partial charge in [-0.05, 0) is 37.2 Å². The number of amides is 2. The van der Waals surface area contributed by atoms with Crippen molar-refractivity contribution >= 4 is 12.0 Å². The number of ether oxygens (including phenoxy) is 1. The lowest BCUT2D eigenvalue weighted by molar-refractivity contribution is -0.132. The van der Waals surface area contributed by atoms with Gasteiger partial charge in [0.1, 0.15) is 13.2 Å². The Morgan fingerprint density at radius 1 is 1.21 bits per heavy atom. The Balaban J connectivity index is 1.19. The quantitative estimate of drug-likeness (QED) is 0.770. The van der Waals surface area contributed by atoms with Gasteiger partial charge in [0.15, 0.2) is 5.82 Å². The molecule has 2 amide bonds. The zero-order valence-corrected chi connectivity index (χ0v) is 16.4. The number of likely N-dealkylation sites (tertiary alicyclic amines) is 1. The summed E-state index contributed by atoms with van der Waals surface area (Å²) in [5.41, 5.74) is 0.902. The van der Waals surface area contributed by atoms with Crippen molar-refractivity contribution in [3.8, 4) is 0 Å².